The van der Waals surface area contributed by atoms with Crippen molar-refractivity contribution in [2.45, 2.75) is 44.1 Å². The first-order valence-electron chi connectivity index (χ1n) is 12.7. The van der Waals surface area contributed by atoms with Crippen LogP contribution in [0.5, 0.6) is 5.75 Å². The summed E-state index contributed by atoms with van der Waals surface area (Å²) in [7, 11) is 0. The number of hydrogen-bond acceptors (Lipinski definition) is 7. The third kappa shape index (κ3) is 3.43. The van der Waals surface area contributed by atoms with Crippen LogP contribution >= 0.6 is 0 Å². The largest absolute Gasteiger partial charge is 0.491 e. The van der Waals surface area contributed by atoms with Crippen molar-refractivity contribution in [2.75, 3.05) is 42.6 Å². The second kappa shape index (κ2) is 8.11. The van der Waals surface area contributed by atoms with Crippen LogP contribution in [0.3, 0.4) is 0 Å². The molecule has 4 aliphatic heterocycles. The number of rotatable bonds is 2. The molecule has 4 atom stereocenters. The van der Waals surface area contributed by atoms with Gasteiger partial charge in [-0.25, -0.2) is 0 Å². The minimum absolute atomic E-state index is 0.295. The summed E-state index contributed by atoms with van der Waals surface area (Å²) in [4.78, 5) is 12.1. The first kappa shape index (κ1) is 21.0. The van der Waals surface area contributed by atoms with Crippen molar-refractivity contribution in [1.29, 1.82) is 5.26 Å². The zero-order valence-corrected chi connectivity index (χ0v) is 20.0. The lowest BCUT2D eigenvalue weighted by atomic mass is 10.0. The van der Waals surface area contributed by atoms with Gasteiger partial charge in [-0.2, -0.15) is 5.26 Å². The third-order valence-electron chi connectivity index (χ3n) is 8.38. The fraction of sp³-hybridized carbons (Fsp3) is 0.429. The van der Waals surface area contributed by atoms with Gasteiger partial charge in [0.05, 0.1) is 17.1 Å². The highest BCUT2D eigenvalue weighted by Crippen LogP contribution is 2.37. The van der Waals surface area contributed by atoms with Crippen LogP contribution in [0, 0.1) is 11.3 Å². The fourth-order valence-corrected chi connectivity index (χ4v) is 6.62. The number of ether oxygens (including phenoxy) is 1. The molecule has 3 aromatic rings. The predicted molar refractivity (Wildman–Crippen MR) is 137 cm³/mol. The molecule has 7 nitrogen and oxygen atoms in total. The molecule has 7 rings (SSSR count). The van der Waals surface area contributed by atoms with Gasteiger partial charge in [0.25, 0.3) is 0 Å². The lowest BCUT2D eigenvalue weighted by Gasteiger charge is -2.45. The van der Waals surface area contributed by atoms with Crippen LogP contribution in [-0.2, 0) is 6.54 Å². The van der Waals surface area contributed by atoms with Crippen LogP contribution in [0.15, 0.2) is 48.7 Å². The summed E-state index contributed by atoms with van der Waals surface area (Å²) in [5.74, 6) is 1.04. The van der Waals surface area contributed by atoms with Crippen LogP contribution in [0.25, 0.3) is 10.9 Å². The first-order valence-corrected chi connectivity index (χ1v) is 12.7. The number of nitrogens with zero attached hydrogens (tertiary/aromatic N) is 5. The number of benzene rings is 2. The number of piperazine rings is 2. The van der Waals surface area contributed by atoms with Gasteiger partial charge in [0.15, 0.2) is 0 Å². The SMILES string of the molecule is CC1CN(c2ccc(C#N)c3ncccc23)CC2COc3cc(N4C[C@@H]5C[C@H]4CN5)ccc3CN12. The van der Waals surface area contributed by atoms with E-state index in [2.05, 4.69) is 68.3 Å². The molecule has 1 aromatic heterocycles. The number of anilines is 2. The summed E-state index contributed by atoms with van der Waals surface area (Å²) < 4.78 is 6.49. The van der Waals surface area contributed by atoms with E-state index in [0.717, 1.165) is 55.1 Å². The Hall–Kier alpha value is -3.34. The van der Waals surface area contributed by atoms with Crippen LogP contribution in [0.1, 0.15) is 24.5 Å². The number of fused-ring (bicyclic) bond motifs is 5. The van der Waals surface area contributed by atoms with Gasteiger partial charge in [-0.15, -0.1) is 0 Å². The molecule has 178 valence electrons. The summed E-state index contributed by atoms with van der Waals surface area (Å²) in [5.41, 5.74) is 5.14. The van der Waals surface area contributed by atoms with Crippen LogP contribution in [0.2, 0.25) is 0 Å². The Balaban J connectivity index is 1.15. The van der Waals surface area contributed by atoms with Crippen molar-refractivity contribution in [3.8, 4) is 11.8 Å². The molecule has 4 aliphatic rings. The monoisotopic (exact) mass is 466 g/mol. The molecular weight excluding hydrogens is 436 g/mol. The summed E-state index contributed by atoms with van der Waals surface area (Å²) in [6, 6.07) is 19.1. The van der Waals surface area contributed by atoms with E-state index in [0.29, 0.717) is 36.3 Å². The van der Waals surface area contributed by atoms with Gasteiger partial charge in [0.2, 0.25) is 0 Å². The van der Waals surface area contributed by atoms with Gasteiger partial charge in [-0.1, -0.05) is 6.07 Å². The zero-order valence-electron chi connectivity index (χ0n) is 20.0. The van der Waals surface area contributed by atoms with Crippen molar-refractivity contribution in [3.63, 3.8) is 0 Å². The lowest BCUT2D eigenvalue weighted by molar-refractivity contribution is 0.0892. The smallest absolute Gasteiger partial charge is 0.125 e. The lowest BCUT2D eigenvalue weighted by Crippen LogP contribution is -2.58. The van der Waals surface area contributed by atoms with E-state index in [1.54, 1.807) is 6.20 Å². The number of hydrogen-bond donors (Lipinski definition) is 1. The quantitative estimate of drug-likeness (QED) is 0.622. The molecule has 0 radical (unpaired) electrons. The molecule has 0 amide bonds. The van der Waals surface area contributed by atoms with Gasteiger partial charge < -0.3 is 19.9 Å². The van der Waals surface area contributed by atoms with E-state index in [4.69, 9.17) is 4.74 Å². The fourth-order valence-electron chi connectivity index (χ4n) is 6.62. The van der Waals surface area contributed by atoms with Crippen molar-refractivity contribution in [1.82, 2.24) is 15.2 Å². The molecule has 3 saturated heterocycles. The molecule has 1 N–H and O–H groups in total. The molecule has 0 saturated carbocycles. The van der Waals surface area contributed by atoms with E-state index in [-0.39, 0.29) is 0 Å². The summed E-state index contributed by atoms with van der Waals surface area (Å²) in [6.45, 7) is 7.92. The van der Waals surface area contributed by atoms with Crippen LogP contribution in [-0.4, -0.2) is 66.8 Å². The number of pyridine rings is 1. The molecule has 0 aliphatic carbocycles. The third-order valence-corrected chi connectivity index (χ3v) is 8.38. The summed E-state index contributed by atoms with van der Waals surface area (Å²) in [6.07, 6.45) is 3.02. The molecular formula is C28H30N6O. The van der Waals surface area contributed by atoms with Crippen molar-refractivity contribution >= 4 is 22.3 Å². The molecule has 3 fully saturated rings. The number of nitrogens with one attached hydrogen (secondary N) is 1. The molecule has 0 spiro atoms. The minimum atomic E-state index is 0.295. The highest BCUT2D eigenvalue weighted by Gasteiger charge is 2.39. The topological polar surface area (TPSA) is 67.7 Å². The molecule has 2 unspecified atom stereocenters. The maximum Gasteiger partial charge on any atom is 0.125 e. The Kier molecular flexibility index (Phi) is 4.86. The van der Waals surface area contributed by atoms with Crippen LogP contribution in [0.4, 0.5) is 11.4 Å². The Labute approximate surface area is 205 Å². The summed E-state index contributed by atoms with van der Waals surface area (Å²) in [5, 5.41) is 14.2. The van der Waals surface area contributed by atoms with Gasteiger partial charge >= 0.3 is 0 Å². The maximum absolute atomic E-state index is 9.54. The molecule has 5 heterocycles. The van der Waals surface area contributed by atoms with E-state index < -0.39 is 0 Å². The predicted octanol–water partition coefficient (Wildman–Crippen LogP) is 3.13. The van der Waals surface area contributed by atoms with E-state index in [9.17, 15) is 5.26 Å². The first-order chi connectivity index (χ1) is 17.2. The standard InChI is InChI=1S/C28H30N6O/c1-18-13-32(26-7-5-19(11-29)28-25(26)3-2-8-30-28)16-24-17-35-27-10-22(6-4-20(27)14-33(18)24)34-15-21-9-23(34)12-31-21/h2-8,10,18,21,23-24,31H,9,12-17H2,1H3/t18?,21-,23-,24?/m0/s1. The second-order valence-corrected chi connectivity index (χ2v) is 10.5. The van der Waals surface area contributed by atoms with Crippen molar-refractivity contribution in [2.24, 2.45) is 0 Å². The van der Waals surface area contributed by atoms with E-state index in [1.165, 1.54) is 17.7 Å². The summed E-state index contributed by atoms with van der Waals surface area (Å²) >= 11 is 0. The average molecular weight is 467 g/mol. The molecule has 35 heavy (non-hydrogen) atoms. The zero-order chi connectivity index (χ0) is 23.5. The highest BCUT2D eigenvalue weighted by molar-refractivity contribution is 5.95. The van der Waals surface area contributed by atoms with Gasteiger partial charge in [0, 0.05) is 85.4 Å². The van der Waals surface area contributed by atoms with Crippen molar-refractivity contribution < 1.29 is 4.74 Å². The van der Waals surface area contributed by atoms with Crippen molar-refractivity contribution in [3.05, 3.63) is 59.8 Å². The number of aromatic nitrogens is 1. The molecule has 7 heteroatoms. The number of nitriles is 1. The minimum Gasteiger partial charge on any atom is -0.491 e. The molecule has 2 aromatic carbocycles. The van der Waals surface area contributed by atoms with E-state index in [1.807, 2.05) is 12.1 Å². The normalized spacial score (nSPS) is 27.8. The average Bonchev–Trinajstić information content (AvgIpc) is 3.47. The van der Waals surface area contributed by atoms with Crippen LogP contribution < -0.4 is 19.9 Å². The second-order valence-electron chi connectivity index (χ2n) is 10.5. The Morgan fingerprint density at radius 2 is 2.06 bits per heavy atom. The van der Waals surface area contributed by atoms with E-state index >= 15 is 0 Å². The van der Waals surface area contributed by atoms with Gasteiger partial charge in [0.1, 0.15) is 18.4 Å². The van der Waals surface area contributed by atoms with Gasteiger partial charge in [-0.05, 0) is 43.7 Å². The Bertz CT molecular complexity index is 1330. The Morgan fingerprint density at radius 3 is 2.89 bits per heavy atom. The Morgan fingerprint density at radius 1 is 1.11 bits per heavy atom. The van der Waals surface area contributed by atoms with Gasteiger partial charge in [-0.3, -0.25) is 9.88 Å². The molecule has 2 bridgehead atoms. The maximum atomic E-state index is 9.54. The highest BCUT2D eigenvalue weighted by atomic mass is 16.5.